The molecule has 0 aliphatic heterocycles. The van der Waals surface area contributed by atoms with Gasteiger partial charge in [-0.25, -0.2) is 4.79 Å². The highest BCUT2D eigenvalue weighted by Crippen LogP contribution is 2.22. The van der Waals surface area contributed by atoms with Crippen molar-refractivity contribution in [3.8, 4) is 5.75 Å². The summed E-state index contributed by atoms with van der Waals surface area (Å²) in [6.07, 6.45) is 0. The average molecular weight is 323 g/mol. The summed E-state index contributed by atoms with van der Waals surface area (Å²) in [4.78, 5) is 23.7. The Hall–Kier alpha value is -1.99. The maximum absolute atomic E-state index is 11.7. The summed E-state index contributed by atoms with van der Waals surface area (Å²) in [5.41, 5.74) is 0.180. The Balaban J connectivity index is 1.85. The molecule has 21 heavy (non-hydrogen) atoms. The average Bonchev–Trinajstić information content (AvgIpc) is 2.91. The Morgan fingerprint density at radius 1 is 1.29 bits per heavy atom. The second kappa shape index (κ2) is 7.14. The number of carboxylic acid groups (broad SMARTS) is 1. The van der Waals surface area contributed by atoms with Crippen molar-refractivity contribution in [2.24, 2.45) is 0 Å². The Bertz CT molecular complexity index is 640. The van der Waals surface area contributed by atoms with E-state index in [4.69, 9.17) is 5.11 Å². The van der Waals surface area contributed by atoms with Crippen LogP contribution in [0.5, 0.6) is 5.75 Å². The largest absolute Gasteiger partial charge is 0.507 e. The van der Waals surface area contributed by atoms with Crippen molar-refractivity contribution in [2.75, 3.05) is 11.1 Å². The van der Waals surface area contributed by atoms with E-state index in [2.05, 4.69) is 5.32 Å². The number of thiophene rings is 1. The number of hydrogen-bond donors (Lipinski definition) is 3. The Morgan fingerprint density at radius 3 is 2.71 bits per heavy atom. The molecule has 1 amide bonds. The van der Waals surface area contributed by atoms with Crippen molar-refractivity contribution >= 4 is 40.7 Å². The van der Waals surface area contributed by atoms with Gasteiger partial charge in [-0.1, -0.05) is 6.07 Å². The number of hydrogen-bond acceptors (Lipinski definition) is 5. The van der Waals surface area contributed by atoms with Gasteiger partial charge in [-0.3, -0.25) is 4.79 Å². The highest BCUT2D eigenvalue weighted by atomic mass is 32.2. The van der Waals surface area contributed by atoms with Crippen LogP contribution in [0.2, 0.25) is 0 Å². The fourth-order valence-corrected chi connectivity index (χ4v) is 3.29. The van der Waals surface area contributed by atoms with E-state index < -0.39 is 5.97 Å². The minimum atomic E-state index is -1.21. The highest BCUT2D eigenvalue weighted by molar-refractivity contribution is 7.99. The SMILES string of the molecule is O=C(CSCc1cccs1)Nc1ccc(C(=O)O)c(O)c1. The summed E-state index contributed by atoms with van der Waals surface area (Å²) < 4.78 is 0. The maximum Gasteiger partial charge on any atom is 0.339 e. The molecule has 0 saturated carbocycles. The fourth-order valence-electron chi connectivity index (χ4n) is 1.63. The molecule has 1 heterocycles. The molecule has 5 nitrogen and oxygen atoms in total. The van der Waals surface area contributed by atoms with Gasteiger partial charge < -0.3 is 15.5 Å². The van der Waals surface area contributed by atoms with Gasteiger partial charge in [0.2, 0.25) is 5.91 Å². The molecule has 0 fully saturated rings. The van der Waals surface area contributed by atoms with Gasteiger partial charge in [0.1, 0.15) is 11.3 Å². The number of phenols is 1. The van der Waals surface area contributed by atoms with Crippen LogP contribution in [0.1, 0.15) is 15.2 Å². The standard InChI is InChI=1S/C14H13NO4S2/c16-12-6-9(3-4-11(12)14(18)19)15-13(17)8-20-7-10-2-1-5-21-10/h1-6,16H,7-8H2,(H,15,17)(H,18,19). The summed E-state index contributed by atoms with van der Waals surface area (Å²) in [7, 11) is 0. The van der Waals surface area contributed by atoms with E-state index in [0.29, 0.717) is 11.4 Å². The third-order valence-corrected chi connectivity index (χ3v) is 4.61. The van der Waals surface area contributed by atoms with Gasteiger partial charge in [0.15, 0.2) is 0 Å². The van der Waals surface area contributed by atoms with E-state index in [1.54, 1.807) is 11.3 Å². The topological polar surface area (TPSA) is 86.6 Å². The molecule has 0 aliphatic carbocycles. The Morgan fingerprint density at radius 2 is 2.10 bits per heavy atom. The minimum Gasteiger partial charge on any atom is -0.507 e. The first-order chi connectivity index (χ1) is 10.1. The molecule has 3 N–H and O–H groups in total. The zero-order valence-electron chi connectivity index (χ0n) is 10.9. The molecule has 110 valence electrons. The normalized spacial score (nSPS) is 10.3. The van der Waals surface area contributed by atoms with Crippen molar-refractivity contribution in [2.45, 2.75) is 5.75 Å². The molecule has 0 spiro atoms. The molecule has 0 saturated heterocycles. The summed E-state index contributed by atoms with van der Waals surface area (Å²) in [6.45, 7) is 0. The number of carbonyl (C=O) groups excluding carboxylic acids is 1. The Labute approximate surface area is 129 Å². The van der Waals surface area contributed by atoms with Crippen LogP contribution < -0.4 is 5.32 Å². The number of aromatic hydroxyl groups is 1. The van der Waals surface area contributed by atoms with Crippen LogP contribution in [0.3, 0.4) is 0 Å². The summed E-state index contributed by atoms with van der Waals surface area (Å²) in [5, 5.41) is 22.9. The second-order valence-electron chi connectivity index (χ2n) is 4.16. The number of thioether (sulfide) groups is 1. The molecule has 0 bridgehead atoms. The second-order valence-corrected chi connectivity index (χ2v) is 6.18. The van der Waals surface area contributed by atoms with Gasteiger partial charge in [0.05, 0.1) is 5.75 Å². The van der Waals surface area contributed by atoms with Crippen LogP contribution in [0.25, 0.3) is 0 Å². The predicted molar refractivity (Wildman–Crippen MR) is 84.2 cm³/mol. The number of benzene rings is 1. The lowest BCUT2D eigenvalue weighted by molar-refractivity contribution is -0.113. The molecule has 2 rings (SSSR count). The number of nitrogens with one attached hydrogen (secondary N) is 1. The summed E-state index contributed by atoms with van der Waals surface area (Å²) in [5.74, 6) is -0.712. The molecule has 0 aliphatic rings. The summed E-state index contributed by atoms with van der Waals surface area (Å²) in [6, 6.07) is 7.91. The lowest BCUT2D eigenvalue weighted by Gasteiger charge is -2.06. The van der Waals surface area contributed by atoms with E-state index in [1.165, 1.54) is 34.8 Å². The number of aromatic carboxylic acids is 1. The van der Waals surface area contributed by atoms with Crippen molar-refractivity contribution < 1.29 is 19.8 Å². The molecule has 1 aromatic heterocycles. The first-order valence-electron chi connectivity index (χ1n) is 6.02. The van der Waals surface area contributed by atoms with Crippen molar-refractivity contribution in [3.05, 3.63) is 46.2 Å². The van der Waals surface area contributed by atoms with E-state index in [-0.39, 0.29) is 17.2 Å². The van der Waals surface area contributed by atoms with Crippen molar-refractivity contribution in [3.63, 3.8) is 0 Å². The number of amides is 1. The number of carboxylic acids is 1. The number of rotatable bonds is 6. The lowest BCUT2D eigenvalue weighted by atomic mass is 10.2. The quantitative estimate of drug-likeness (QED) is 0.760. The van der Waals surface area contributed by atoms with Gasteiger partial charge in [-0.05, 0) is 23.6 Å². The van der Waals surface area contributed by atoms with E-state index in [9.17, 15) is 14.7 Å². The first kappa shape index (κ1) is 15.4. The van der Waals surface area contributed by atoms with Crippen LogP contribution in [0.4, 0.5) is 5.69 Å². The van der Waals surface area contributed by atoms with Crippen LogP contribution in [0.15, 0.2) is 35.7 Å². The molecule has 7 heteroatoms. The zero-order valence-corrected chi connectivity index (χ0v) is 12.5. The van der Waals surface area contributed by atoms with Gasteiger partial charge >= 0.3 is 5.97 Å². The molecule has 1 aromatic carbocycles. The first-order valence-corrected chi connectivity index (χ1v) is 8.06. The molecular formula is C14H13NO4S2. The molecule has 0 radical (unpaired) electrons. The van der Waals surface area contributed by atoms with Crippen LogP contribution >= 0.6 is 23.1 Å². The van der Waals surface area contributed by atoms with Crippen molar-refractivity contribution in [1.82, 2.24) is 0 Å². The molecular weight excluding hydrogens is 310 g/mol. The van der Waals surface area contributed by atoms with E-state index >= 15 is 0 Å². The van der Waals surface area contributed by atoms with Gasteiger partial charge in [0.25, 0.3) is 0 Å². The smallest absolute Gasteiger partial charge is 0.339 e. The number of anilines is 1. The molecule has 0 unspecified atom stereocenters. The van der Waals surface area contributed by atoms with E-state index in [0.717, 1.165) is 5.75 Å². The van der Waals surface area contributed by atoms with Gasteiger partial charge in [-0.15, -0.1) is 23.1 Å². The maximum atomic E-state index is 11.7. The van der Waals surface area contributed by atoms with Crippen LogP contribution in [0, 0.1) is 0 Å². The van der Waals surface area contributed by atoms with E-state index in [1.807, 2.05) is 17.5 Å². The third kappa shape index (κ3) is 4.51. The number of carbonyl (C=O) groups is 2. The fraction of sp³-hybridized carbons (Fsp3) is 0.143. The van der Waals surface area contributed by atoms with Gasteiger partial charge in [-0.2, -0.15) is 0 Å². The van der Waals surface area contributed by atoms with Crippen LogP contribution in [-0.4, -0.2) is 27.8 Å². The minimum absolute atomic E-state index is 0.194. The third-order valence-electron chi connectivity index (χ3n) is 2.57. The lowest BCUT2D eigenvalue weighted by Crippen LogP contribution is -2.14. The zero-order chi connectivity index (χ0) is 15.2. The monoisotopic (exact) mass is 323 g/mol. The van der Waals surface area contributed by atoms with Crippen LogP contribution in [-0.2, 0) is 10.5 Å². The summed E-state index contributed by atoms with van der Waals surface area (Å²) >= 11 is 3.14. The molecule has 2 aromatic rings. The van der Waals surface area contributed by atoms with Crippen molar-refractivity contribution in [1.29, 1.82) is 0 Å². The molecule has 0 atom stereocenters. The van der Waals surface area contributed by atoms with Gasteiger partial charge in [0, 0.05) is 22.4 Å². The Kier molecular flexibility index (Phi) is 5.24. The predicted octanol–water partition coefficient (Wildman–Crippen LogP) is 3.02. The highest BCUT2D eigenvalue weighted by Gasteiger charge is 2.11.